The van der Waals surface area contributed by atoms with Gasteiger partial charge in [0.05, 0.1) is 5.57 Å². The van der Waals surface area contributed by atoms with E-state index in [2.05, 4.69) is 36.5 Å². The van der Waals surface area contributed by atoms with E-state index in [1.54, 1.807) is 6.19 Å². The van der Waals surface area contributed by atoms with Gasteiger partial charge in [-0.3, -0.25) is 14.0 Å². The summed E-state index contributed by atoms with van der Waals surface area (Å²) < 4.78 is 15.6. The highest BCUT2D eigenvalue weighted by Crippen LogP contribution is 2.74. The zero-order valence-corrected chi connectivity index (χ0v) is 26.0. The van der Waals surface area contributed by atoms with Crippen LogP contribution >= 0.6 is 0 Å². The first-order chi connectivity index (χ1) is 19.2. The monoisotopic (exact) mass is 575 g/mol. The number of Topliss-reactive ketones (excluding diaryl/α,β-unsaturated/α-hetero) is 1. The molecule has 4 fully saturated rings. The molecular formula is C33H43N4O3S-. The minimum atomic E-state index is -1.53. The van der Waals surface area contributed by atoms with E-state index in [0.29, 0.717) is 17.7 Å². The Kier molecular flexibility index (Phi) is 6.40. The first-order valence-corrected chi connectivity index (χ1v) is 16.7. The predicted octanol–water partition coefficient (Wildman–Crippen LogP) is 5.93. The Bertz CT molecular complexity index is 1450. The van der Waals surface area contributed by atoms with Gasteiger partial charge in [0, 0.05) is 22.3 Å². The molecule has 0 unspecified atom stereocenters. The second-order valence-corrected chi connectivity index (χ2v) is 16.6. The Morgan fingerprint density at radius 3 is 2.37 bits per heavy atom. The predicted molar refractivity (Wildman–Crippen MR) is 156 cm³/mol. The number of nitriles is 2. The van der Waals surface area contributed by atoms with Gasteiger partial charge in [-0.25, -0.2) is 0 Å². The second kappa shape index (κ2) is 9.10. The fraction of sp³-hybridized carbons (Fsp3) is 0.758. The van der Waals surface area contributed by atoms with Crippen molar-refractivity contribution in [2.45, 2.75) is 97.9 Å². The van der Waals surface area contributed by atoms with Gasteiger partial charge in [0.15, 0.2) is 17.8 Å². The third-order valence-corrected chi connectivity index (χ3v) is 14.3. The summed E-state index contributed by atoms with van der Waals surface area (Å²) in [5, 5.41) is 22.5. The smallest absolute Gasteiger partial charge is 0.180 e. The zero-order valence-electron chi connectivity index (χ0n) is 25.1. The fourth-order valence-electron chi connectivity index (χ4n) is 10.8. The molecule has 0 amide bonds. The Labute approximate surface area is 246 Å². The Morgan fingerprint density at radius 2 is 1.71 bits per heavy atom. The van der Waals surface area contributed by atoms with Crippen LogP contribution in [0.15, 0.2) is 27.7 Å². The van der Waals surface area contributed by atoms with Crippen molar-refractivity contribution in [2.75, 3.05) is 12.3 Å². The topological polar surface area (TPSA) is 123 Å². The highest BCUT2D eigenvalue weighted by atomic mass is 32.2. The molecule has 7 atom stereocenters. The van der Waals surface area contributed by atoms with Crippen LogP contribution in [0.25, 0.3) is 0 Å². The molecular weight excluding hydrogens is 532 g/mol. The van der Waals surface area contributed by atoms with Gasteiger partial charge < -0.3 is 9.53 Å². The van der Waals surface area contributed by atoms with Crippen LogP contribution in [-0.4, -0.2) is 29.4 Å². The summed E-state index contributed by atoms with van der Waals surface area (Å²) in [5.41, 5.74) is -0.111. The lowest BCUT2D eigenvalue weighted by molar-refractivity contribution is -0.159. The molecule has 0 aliphatic heterocycles. The minimum absolute atomic E-state index is 0.0420. The van der Waals surface area contributed by atoms with Crippen molar-refractivity contribution in [3.8, 4) is 12.3 Å². The van der Waals surface area contributed by atoms with Gasteiger partial charge in [0.1, 0.15) is 6.07 Å². The number of nitrogens with zero attached hydrogens (tertiary/aromatic N) is 3. The highest BCUT2D eigenvalue weighted by Gasteiger charge is 2.70. The summed E-state index contributed by atoms with van der Waals surface area (Å²) in [6.45, 7) is 11.4. The molecule has 0 radical (unpaired) electrons. The number of fused-ring (bicyclic) bond motifs is 7. The molecule has 6 rings (SSSR count). The van der Waals surface area contributed by atoms with Crippen molar-refractivity contribution in [1.82, 2.24) is 5.32 Å². The van der Waals surface area contributed by atoms with Gasteiger partial charge >= 0.3 is 0 Å². The van der Waals surface area contributed by atoms with Crippen LogP contribution in [0.3, 0.4) is 0 Å². The molecule has 41 heavy (non-hydrogen) atoms. The lowest BCUT2D eigenvalue weighted by Gasteiger charge is -2.69. The third-order valence-electron chi connectivity index (χ3n) is 13.4. The van der Waals surface area contributed by atoms with E-state index in [1.807, 2.05) is 26.0 Å². The lowest BCUT2D eigenvalue weighted by Crippen LogP contribution is -2.69. The third kappa shape index (κ3) is 3.85. The second-order valence-electron chi connectivity index (χ2n) is 15.4. The average molecular weight is 576 g/mol. The number of carbonyl (C=O) groups is 2. The lowest BCUT2D eigenvalue weighted by atomic mass is 9.35. The maximum Gasteiger partial charge on any atom is 0.180 e. The highest BCUT2D eigenvalue weighted by molar-refractivity contribution is 7.74. The largest absolute Gasteiger partial charge is 0.443 e. The van der Waals surface area contributed by atoms with Crippen molar-refractivity contribution in [1.29, 1.82) is 10.5 Å². The van der Waals surface area contributed by atoms with Crippen LogP contribution < -0.4 is 5.32 Å². The molecule has 0 saturated heterocycles. The summed E-state index contributed by atoms with van der Waals surface area (Å²) in [4.78, 5) is 27.8. The molecule has 1 spiro atoms. The van der Waals surface area contributed by atoms with E-state index < -0.39 is 21.4 Å². The van der Waals surface area contributed by atoms with Crippen molar-refractivity contribution >= 4 is 22.2 Å². The number of nitrogens with one attached hydrogen (secondary N) is 1. The summed E-state index contributed by atoms with van der Waals surface area (Å²) in [6.07, 6.45) is 14.9. The maximum atomic E-state index is 14.6. The van der Waals surface area contributed by atoms with E-state index in [-0.39, 0.29) is 51.3 Å². The quantitative estimate of drug-likeness (QED) is 0.327. The summed E-state index contributed by atoms with van der Waals surface area (Å²) in [5.74, 6) is 0.558. The Hall–Kier alpha value is -2.29. The van der Waals surface area contributed by atoms with Crippen molar-refractivity contribution in [3.05, 3.63) is 23.3 Å². The number of rotatable bonds is 4. The molecule has 6 aliphatic carbocycles. The van der Waals surface area contributed by atoms with Gasteiger partial charge in [0.2, 0.25) is 0 Å². The van der Waals surface area contributed by atoms with E-state index in [0.717, 1.165) is 44.1 Å². The van der Waals surface area contributed by atoms with Crippen LogP contribution in [0.2, 0.25) is 0 Å². The maximum absolute atomic E-state index is 14.6. The number of allylic oxidation sites excluding steroid dienone is 4. The van der Waals surface area contributed by atoms with Crippen molar-refractivity contribution in [3.63, 3.8) is 0 Å². The van der Waals surface area contributed by atoms with Gasteiger partial charge in [-0.15, -0.1) is 0 Å². The summed E-state index contributed by atoms with van der Waals surface area (Å²) in [7, 11) is -1.53. The summed E-state index contributed by atoms with van der Waals surface area (Å²) >= 11 is 0. The van der Waals surface area contributed by atoms with Crippen LogP contribution in [0, 0.1) is 67.6 Å². The van der Waals surface area contributed by atoms with Crippen molar-refractivity contribution in [2.24, 2.45) is 49.2 Å². The molecule has 7 nitrogen and oxygen atoms in total. The molecule has 1 N–H and O–H groups in total. The average Bonchev–Trinajstić information content (AvgIpc) is 3.67. The number of hydrogen-bond acceptors (Lipinski definition) is 8. The van der Waals surface area contributed by atoms with E-state index in [1.165, 1.54) is 19.3 Å². The SMILES string of the molecule is CC1(C)C(=O)C(C#N)=C[C@]2(C)C3=CC(=O)[C@@H]4[C@@H]5CC6(CC6)CC[C@]5(NCC[S-](=O)=NC#N)CC[C@@]4(C)[C@]3(C)CC[C@@H]12. The Balaban J connectivity index is 1.43. The molecule has 220 valence electrons. The van der Waals surface area contributed by atoms with Gasteiger partial charge in [-0.05, 0) is 98.5 Å². The molecule has 0 aromatic heterocycles. The fourth-order valence-corrected chi connectivity index (χ4v) is 11.3. The van der Waals surface area contributed by atoms with Gasteiger partial charge in [-0.2, -0.15) is 21.1 Å². The number of carbonyl (C=O) groups excluding carboxylic acids is 2. The zero-order chi connectivity index (χ0) is 29.6. The molecule has 4 saturated carbocycles. The van der Waals surface area contributed by atoms with E-state index in [9.17, 15) is 19.1 Å². The van der Waals surface area contributed by atoms with E-state index in [4.69, 9.17) is 5.26 Å². The van der Waals surface area contributed by atoms with Gasteiger partial charge in [0.25, 0.3) is 0 Å². The van der Waals surface area contributed by atoms with Crippen molar-refractivity contribution < 1.29 is 13.8 Å². The molecule has 0 aromatic rings. The molecule has 6 aliphatic rings. The number of ketones is 2. The minimum Gasteiger partial charge on any atom is -0.443 e. The summed E-state index contributed by atoms with van der Waals surface area (Å²) in [6, 6.07) is 2.19. The van der Waals surface area contributed by atoms with Crippen LogP contribution in [0.4, 0.5) is 0 Å². The van der Waals surface area contributed by atoms with E-state index >= 15 is 0 Å². The molecule has 0 bridgehead atoms. The standard InChI is InChI=1S/C33H43N4O3S/c1-28(2)24-6-7-30(4)25(29(24,3)17-21(19-34)27(28)39)16-23(38)26-22-18-32(9-10-32)11-13-33(22,12-8-31(26,30)5)36-14-15-41(40)37-20-35/h16-17,22,24,26,36H,6-15,18H2,1-5H3/q-1/t22-,24-,26-,29-,30+,31+,33+/m0/s1. The molecule has 8 heteroatoms. The molecule has 0 heterocycles. The first-order valence-electron chi connectivity index (χ1n) is 15.4. The normalized spacial score (nSPS) is 44.2. The molecule has 0 aromatic carbocycles. The van der Waals surface area contributed by atoms with Crippen LogP contribution in [0.1, 0.15) is 92.4 Å². The Morgan fingerprint density at radius 1 is 1.02 bits per heavy atom. The van der Waals surface area contributed by atoms with Crippen LogP contribution in [0.5, 0.6) is 0 Å². The first kappa shape index (κ1) is 28.8. The van der Waals surface area contributed by atoms with Gasteiger partial charge in [-0.1, -0.05) is 52.0 Å². The van der Waals surface area contributed by atoms with Crippen LogP contribution in [-0.2, 0) is 24.4 Å². The number of hydrogen-bond donors (Lipinski definition) is 1.